The van der Waals surface area contributed by atoms with Crippen LogP contribution < -0.4 is 11.1 Å². The summed E-state index contributed by atoms with van der Waals surface area (Å²) >= 11 is 5.86. The summed E-state index contributed by atoms with van der Waals surface area (Å²) in [7, 11) is -3.34. The molecule has 0 fully saturated rings. The van der Waals surface area contributed by atoms with Gasteiger partial charge in [-0.05, 0) is 30.3 Å². The summed E-state index contributed by atoms with van der Waals surface area (Å²) in [5, 5.41) is 2.88. The minimum atomic E-state index is -3.34. The Kier molecular flexibility index (Phi) is 4.20. The molecule has 2 rings (SSSR count). The number of hydrogen-bond acceptors (Lipinski definition) is 4. The van der Waals surface area contributed by atoms with Crippen LogP contribution in [-0.2, 0) is 9.84 Å². The fourth-order valence-corrected chi connectivity index (χ4v) is 2.58. The summed E-state index contributed by atoms with van der Waals surface area (Å²) in [6.07, 6.45) is 1.10. The quantitative estimate of drug-likeness (QED) is 0.849. The molecule has 5 nitrogen and oxygen atoms in total. The highest BCUT2D eigenvalue weighted by atomic mass is 35.5. The number of halogens is 1. The average molecular weight is 325 g/mol. The molecule has 1 amide bonds. The van der Waals surface area contributed by atoms with E-state index >= 15 is 0 Å². The van der Waals surface area contributed by atoms with Crippen molar-refractivity contribution < 1.29 is 13.2 Å². The van der Waals surface area contributed by atoms with Crippen LogP contribution in [-0.4, -0.2) is 20.6 Å². The maximum absolute atomic E-state index is 12.1. The van der Waals surface area contributed by atoms with E-state index in [4.69, 9.17) is 17.3 Å². The Morgan fingerprint density at radius 1 is 1.19 bits per heavy atom. The van der Waals surface area contributed by atoms with Gasteiger partial charge in [0.15, 0.2) is 9.84 Å². The lowest BCUT2D eigenvalue weighted by molar-refractivity contribution is 0.102. The van der Waals surface area contributed by atoms with E-state index in [0.717, 1.165) is 6.26 Å². The zero-order valence-corrected chi connectivity index (χ0v) is 12.7. The van der Waals surface area contributed by atoms with Gasteiger partial charge in [0, 0.05) is 11.9 Å². The number of rotatable bonds is 3. The van der Waals surface area contributed by atoms with Gasteiger partial charge in [-0.25, -0.2) is 8.42 Å². The summed E-state index contributed by atoms with van der Waals surface area (Å²) in [6, 6.07) is 10.7. The SMILES string of the molecule is CS(=O)(=O)c1cccc(NC(=O)c2cccc(Cl)c2N)c1. The lowest BCUT2D eigenvalue weighted by Crippen LogP contribution is -2.14. The molecule has 0 unspecified atom stereocenters. The Morgan fingerprint density at radius 2 is 1.86 bits per heavy atom. The van der Waals surface area contributed by atoms with Crippen LogP contribution in [0.25, 0.3) is 0 Å². The van der Waals surface area contributed by atoms with E-state index in [9.17, 15) is 13.2 Å². The summed E-state index contributed by atoms with van der Waals surface area (Å²) in [6.45, 7) is 0. The molecule has 3 N–H and O–H groups in total. The number of nitrogens with one attached hydrogen (secondary N) is 1. The second-order valence-electron chi connectivity index (χ2n) is 4.46. The topological polar surface area (TPSA) is 89.3 Å². The van der Waals surface area contributed by atoms with Crippen molar-refractivity contribution in [2.45, 2.75) is 4.90 Å². The average Bonchev–Trinajstić information content (AvgIpc) is 2.41. The number of hydrogen-bond donors (Lipinski definition) is 2. The van der Waals surface area contributed by atoms with Crippen molar-refractivity contribution in [3.05, 3.63) is 53.1 Å². The van der Waals surface area contributed by atoms with Gasteiger partial charge < -0.3 is 11.1 Å². The second-order valence-corrected chi connectivity index (χ2v) is 6.88. The van der Waals surface area contributed by atoms with Crippen molar-refractivity contribution in [3.63, 3.8) is 0 Å². The maximum Gasteiger partial charge on any atom is 0.257 e. The van der Waals surface area contributed by atoms with Crippen molar-refractivity contribution in [2.24, 2.45) is 0 Å². The van der Waals surface area contributed by atoms with Crippen LogP contribution in [0.4, 0.5) is 11.4 Å². The molecule has 0 radical (unpaired) electrons. The molecule has 0 aliphatic carbocycles. The Balaban J connectivity index is 2.30. The third kappa shape index (κ3) is 3.53. The van der Waals surface area contributed by atoms with Crippen molar-refractivity contribution in [3.8, 4) is 0 Å². The van der Waals surface area contributed by atoms with Crippen LogP contribution in [0.3, 0.4) is 0 Å². The zero-order valence-electron chi connectivity index (χ0n) is 11.1. The van der Waals surface area contributed by atoms with Crippen LogP contribution >= 0.6 is 11.6 Å². The molecule has 0 aliphatic rings. The van der Waals surface area contributed by atoms with Crippen LogP contribution in [0.1, 0.15) is 10.4 Å². The van der Waals surface area contributed by atoms with Crippen molar-refractivity contribution in [1.29, 1.82) is 0 Å². The van der Waals surface area contributed by atoms with E-state index in [1.165, 1.54) is 18.2 Å². The van der Waals surface area contributed by atoms with E-state index in [1.807, 2.05) is 0 Å². The zero-order chi connectivity index (χ0) is 15.6. The first-order valence-electron chi connectivity index (χ1n) is 5.94. The first-order valence-corrected chi connectivity index (χ1v) is 8.21. The number of sulfone groups is 1. The fraction of sp³-hybridized carbons (Fsp3) is 0.0714. The summed E-state index contributed by atoms with van der Waals surface area (Å²) in [5.41, 5.74) is 6.52. The Labute approximate surface area is 127 Å². The Bertz CT molecular complexity index is 804. The molecule has 0 saturated heterocycles. The summed E-state index contributed by atoms with van der Waals surface area (Å²) in [5.74, 6) is -0.458. The van der Waals surface area contributed by atoms with E-state index < -0.39 is 15.7 Å². The van der Waals surface area contributed by atoms with Gasteiger partial charge in [-0.2, -0.15) is 0 Å². The van der Waals surface area contributed by atoms with Gasteiger partial charge in [0.05, 0.1) is 21.2 Å². The van der Waals surface area contributed by atoms with E-state index in [0.29, 0.717) is 5.69 Å². The van der Waals surface area contributed by atoms with E-state index in [1.54, 1.807) is 24.3 Å². The maximum atomic E-state index is 12.1. The molecule has 0 saturated carbocycles. The second kappa shape index (κ2) is 5.75. The number of anilines is 2. The molecule has 0 bridgehead atoms. The molecule has 110 valence electrons. The van der Waals surface area contributed by atoms with E-state index in [2.05, 4.69) is 5.32 Å². The highest BCUT2D eigenvalue weighted by Crippen LogP contribution is 2.23. The smallest absolute Gasteiger partial charge is 0.257 e. The highest BCUT2D eigenvalue weighted by Gasteiger charge is 2.13. The molecular weight excluding hydrogens is 312 g/mol. The fourth-order valence-electron chi connectivity index (χ4n) is 1.74. The molecule has 0 aliphatic heterocycles. The van der Waals surface area contributed by atoms with Crippen molar-refractivity contribution >= 4 is 38.7 Å². The van der Waals surface area contributed by atoms with Gasteiger partial charge in [-0.15, -0.1) is 0 Å². The predicted octanol–water partition coefficient (Wildman–Crippen LogP) is 2.58. The van der Waals surface area contributed by atoms with E-state index in [-0.39, 0.29) is 21.2 Å². The van der Waals surface area contributed by atoms with Crippen molar-refractivity contribution in [1.82, 2.24) is 0 Å². The minimum Gasteiger partial charge on any atom is -0.397 e. The number of carbonyl (C=O) groups is 1. The lowest BCUT2D eigenvalue weighted by Gasteiger charge is -2.09. The van der Waals surface area contributed by atoms with Gasteiger partial charge in [0.25, 0.3) is 5.91 Å². The third-order valence-electron chi connectivity index (χ3n) is 2.82. The first kappa shape index (κ1) is 15.3. The molecule has 0 spiro atoms. The summed E-state index contributed by atoms with van der Waals surface area (Å²) < 4.78 is 23.0. The molecule has 21 heavy (non-hydrogen) atoms. The third-order valence-corrected chi connectivity index (χ3v) is 4.26. The van der Waals surface area contributed by atoms with Crippen molar-refractivity contribution in [2.75, 3.05) is 17.3 Å². The number of para-hydroxylation sites is 1. The molecule has 0 aromatic heterocycles. The molecule has 7 heteroatoms. The molecule has 2 aromatic rings. The Hall–Kier alpha value is -2.05. The number of nitrogens with two attached hydrogens (primary N) is 1. The van der Waals surface area contributed by atoms with Gasteiger partial charge in [0.1, 0.15) is 0 Å². The van der Waals surface area contributed by atoms with Gasteiger partial charge in [-0.3, -0.25) is 4.79 Å². The Morgan fingerprint density at radius 3 is 2.52 bits per heavy atom. The summed E-state index contributed by atoms with van der Waals surface area (Å²) in [4.78, 5) is 12.3. The highest BCUT2D eigenvalue weighted by molar-refractivity contribution is 7.90. The normalized spacial score (nSPS) is 11.1. The van der Waals surface area contributed by atoms with Gasteiger partial charge in [0.2, 0.25) is 0 Å². The molecule has 2 aromatic carbocycles. The molecular formula is C14H13ClN2O3S. The van der Waals surface area contributed by atoms with Gasteiger partial charge in [-0.1, -0.05) is 23.7 Å². The van der Waals surface area contributed by atoms with Crippen LogP contribution in [0, 0.1) is 0 Å². The molecule has 0 heterocycles. The number of amides is 1. The number of nitrogen functional groups attached to an aromatic ring is 1. The number of carbonyl (C=O) groups excluding carboxylic acids is 1. The monoisotopic (exact) mass is 324 g/mol. The standard InChI is InChI=1S/C14H13ClN2O3S/c1-21(19,20)10-5-2-4-9(8-10)17-14(18)11-6-3-7-12(15)13(11)16/h2-8H,16H2,1H3,(H,17,18). The van der Waals surface area contributed by atoms with Crippen LogP contribution in [0.15, 0.2) is 47.4 Å². The largest absolute Gasteiger partial charge is 0.397 e. The first-order chi connectivity index (χ1) is 9.79. The number of benzene rings is 2. The van der Waals surface area contributed by atoms with Gasteiger partial charge >= 0.3 is 0 Å². The predicted molar refractivity (Wildman–Crippen MR) is 83.4 cm³/mol. The lowest BCUT2D eigenvalue weighted by atomic mass is 10.1. The van der Waals surface area contributed by atoms with Crippen LogP contribution in [0.2, 0.25) is 5.02 Å². The van der Waals surface area contributed by atoms with Crippen LogP contribution in [0.5, 0.6) is 0 Å². The molecule has 0 atom stereocenters. The minimum absolute atomic E-state index is 0.124.